The van der Waals surface area contributed by atoms with Crippen LogP contribution in [0.5, 0.6) is 0 Å². The molecule has 0 saturated heterocycles. The molecule has 0 spiro atoms. The molecule has 1 N–H and O–H groups in total. The van der Waals surface area contributed by atoms with Crippen LogP contribution in [-0.2, 0) is 0 Å². The van der Waals surface area contributed by atoms with Crippen molar-refractivity contribution >= 4 is 17.4 Å². The molecule has 2 aliphatic carbocycles. The minimum Gasteiger partial charge on any atom is -0.349 e. The topological polar surface area (TPSA) is 58.1 Å². The summed E-state index contributed by atoms with van der Waals surface area (Å²) in [5, 5.41) is 3.30. The van der Waals surface area contributed by atoms with Gasteiger partial charge in [-0.2, -0.15) is 0 Å². The number of aromatic nitrogens is 2. The summed E-state index contributed by atoms with van der Waals surface area (Å²) in [4.78, 5) is 24.7. The zero-order chi connectivity index (χ0) is 21.4. The third-order valence-electron chi connectivity index (χ3n) is 6.84. The number of nitrogens with one attached hydrogen (secondary N) is 1. The lowest BCUT2D eigenvalue weighted by atomic mass is 9.95. The van der Waals surface area contributed by atoms with Crippen molar-refractivity contribution in [2.45, 2.75) is 38.6 Å². The van der Waals surface area contributed by atoms with E-state index in [-0.39, 0.29) is 11.9 Å². The molecule has 0 aliphatic heterocycles. The van der Waals surface area contributed by atoms with Crippen LogP contribution in [0.4, 0.5) is 11.5 Å². The predicted octanol–water partition coefficient (Wildman–Crippen LogP) is 5.14. The Morgan fingerprint density at radius 3 is 2.48 bits per heavy atom. The Hall–Kier alpha value is -3.21. The first-order valence-electron chi connectivity index (χ1n) is 11.1. The highest BCUT2D eigenvalue weighted by atomic mass is 16.1. The largest absolute Gasteiger partial charge is 0.349 e. The van der Waals surface area contributed by atoms with Crippen molar-refractivity contribution in [1.29, 1.82) is 0 Å². The lowest BCUT2D eigenvalue weighted by Crippen LogP contribution is -2.39. The van der Waals surface area contributed by atoms with Crippen LogP contribution in [0.3, 0.4) is 0 Å². The summed E-state index contributed by atoms with van der Waals surface area (Å²) in [5.74, 6) is 2.56. The average molecular weight is 413 g/mol. The first-order valence-corrected chi connectivity index (χ1v) is 11.1. The molecule has 2 saturated carbocycles. The van der Waals surface area contributed by atoms with Gasteiger partial charge in [-0.05, 0) is 50.2 Å². The van der Waals surface area contributed by atoms with Gasteiger partial charge in [-0.1, -0.05) is 54.4 Å². The van der Waals surface area contributed by atoms with Gasteiger partial charge in [-0.3, -0.25) is 4.79 Å². The summed E-state index contributed by atoms with van der Waals surface area (Å²) < 4.78 is 0. The van der Waals surface area contributed by atoms with Gasteiger partial charge in [0.05, 0.1) is 0 Å². The number of hydrogen-bond donors (Lipinski definition) is 1. The van der Waals surface area contributed by atoms with Gasteiger partial charge in [0.15, 0.2) is 5.82 Å². The van der Waals surface area contributed by atoms with Crippen LogP contribution in [-0.4, -0.2) is 29.0 Å². The summed E-state index contributed by atoms with van der Waals surface area (Å²) in [6, 6.07) is 18.4. The fourth-order valence-corrected chi connectivity index (χ4v) is 5.07. The number of anilines is 2. The van der Waals surface area contributed by atoms with Crippen LogP contribution in [0.2, 0.25) is 0 Å². The summed E-state index contributed by atoms with van der Waals surface area (Å²) >= 11 is 0. The van der Waals surface area contributed by atoms with E-state index in [0.29, 0.717) is 23.1 Å². The van der Waals surface area contributed by atoms with Crippen LogP contribution in [0.15, 0.2) is 60.8 Å². The maximum atomic E-state index is 13.3. The van der Waals surface area contributed by atoms with E-state index >= 15 is 0 Å². The molecule has 5 heteroatoms. The lowest BCUT2D eigenvalue weighted by Gasteiger charge is -2.25. The van der Waals surface area contributed by atoms with Gasteiger partial charge < -0.3 is 10.2 Å². The highest BCUT2D eigenvalue weighted by Gasteiger charge is 2.40. The molecule has 2 bridgehead atoms. The van der Waals surface area contributed by atoms with Crippen molar-refractivity contribution in [3.8, 4) is 11.4 Å². The minimum atomic E-state index is -0.0777. The van der Waals surface area contributed by atoms with E-state index < -0.39 is 0 Å². The van der Waals surface area contributed by atoms with Crippen LogP contribution < -0.4 is 10.2 Å². The number of rotatable bonds is 5. The molecule has 2 aliphatic rings. The molecule has 31 heavy (non-hydrogen) atoms. The maximum Gasteiger partial charge on any atom is 0.256 e. The van der Waals surface area contributed by atoms with Crippen molar-refractivity contribution in [2.75, 3.05) is 11.9 Å². The predicted molar refractivity (Wildman–Crippen MR) is 123 cm³/mol. The summed E-state index contributed by atoms with van der Waals surface area (Å²) in [5.41, 5.74) is 3.63. The molecule has 1 heterocycles. The molecule has 3 unspecified atom stereocenters. The molecule has 0 radical (unpaired) electrons. The van der Waals surface area contributed by atoms with Gasteiger partial charge in [0, 0.05) is 30.5 Å². The fraction of sp³-hybridized carbons (Fsp3) is 0.346. The Bertz CT molecular complexity index is 1080. The van der Waals surface area contributed by atoms with E-state index in [1.165, 1.54) is 24.8 Å². The molecule has 3 aromatic rings. The summed E-state index contributed by atoms with van der Waals surface area (Å²) in [7, 11) is 1.95. The quantitative estimate of drug-likeness (QED) is 0.630. The normalized spacial score (nSPS) is 21.8. The first-order chi connectivity index (χ1) is 15.1. The maximum absolute atomic E-state index is 13.3. The summed E-state index contributed by atoms with van der Waals surface area (Å²) in [6.45, 7) is 2.07. The van der Waals surface area contributed by atoms with Crippen molar-refractivity contribution in [2.24, 2.45) is 11.8 Å². The smallest absolute Gasteiger partial charge is 0.256 e. The highest BCUT2D eigenvalue weighted by molar-refractivity contribution is 5.99. The van der Waals surface area contributed by atoms with E-state index in [0.717, 1.165) is 23.6 Å². The number of fused-ring (bicyclic) bond motifs is 2. The van der Waals surface area contributed by atoms with E-state index in [4.69, 9.17) is 4.98 Å². The number of amides is 1. The number of benzene rings is 2. The van der Waals surface area contributed by atoms with Gasteiger partial charge in [-0.15, -0.1) is 0 Å². The minimum absolute atomic E-state index is 0.0777. The van der Waals surface area contributed by atoms with Gasteiger partial charge in [0.2, 0.25) is 0 Å². The lowest BCUT2D eigenvalue weighted by molar-refractivity contribution is 0.0923. The highest BCUT2D eigenvalue weighted by Crippen LogP contribution is 2.44. The third kappa shape index (κ3) is 3.92. The molecule has 2 aromatic carbocycles. The van der Waals surface area contributed by atoms with E-state index in [2.05, 4.69) is 41.5 Å². The number of aryl methyl sites for hydroxylation is 1. The van der Waals surface area contributed by atoms with Crippen molar-refractivity contribution in [3.05, 3.63) is 71.9 Å². The van der Waals surface area contributed by atoms with E-state index in [1.54, 1.807) is 6.20 Å². The molecule has 5 nitrogen and oxygen atoms in total. The Labute approximate surface area is 183 Å². The van der Waals surface area contributed by atoms with Crippen molar-refractivity contribution < 1.29 is 4.79 Å². The van der Waals surface area contributed by atoms with Crippen LogP contribution >= 0.6 is 0 Å². The molecule has 2 fully saturated rings. The standard InChI is InChI=1S/C26H28N4O/c1-17-8-12-21(13-9-17)30(2)25-22(16-27-24(29-25)19-6-4-3-5-7-19)26(31)28-23-15-18-10-11-20(23)14-18/h3-9,12-13,16,18,20,23H,10-11,14-15H2,1-2H3,(H,28,31). The number of nitrogens with zero attached hydrogens (tertiary/aromatic N) is 3. The van der Waals surface area contributed by atoms with E-state index in [9.17, 15) is 4.79 Å². The zero-order valence-electron chi connectivity index (χ0n) is 18.1. The third-order valence-corrected chi connectivity index (χ3v) is 6.84. The van der Waals surface area contributed by atoms with Gasteiger partial charge in [0.25, 0.3) is 5.91 Å². The molecule has 3 atom stereocenters. The Morgan fingerprint density at radius 2 is 1.81 bits per heavy atom. The molecule has 1 aromatic heterocycles. The number of carbonyl (C=O) groups excluding carboxylic acids is 1. The van der Waals surface area contributed by atoms with E-state index in [1.807, 2.05) is 42.3 Å². The molecule has 1 amide bonds. The number of carbonyl (C=O) groups is 1. The van der Waals surface area contributed by atoms with Crippen LogP contribution in [0.1, 0.15) is 41.6 Å². The molecule has 158 valence electrons. The van der Waals surface area contributed by atoms with Crippen LogP contribution in [0.25, 0.3) is 11.4 Å². The fourth-order valence-electron chi connectivity index (χ4n) is 5.07. The zero-order valence-corrected chi connectivity index (χ0v) is 18.1. The Kier molecular flexibility index (Phi) is 5.18. The van der Waals surface area contributed by atoms with Gasteiger partial charge >= 0.3 is 0 Å². The second-order valence-electron chi connectivity index (χ2n) is 8.95. The molecular weight excluding hydrogens is 384 g/mol. The monoisotopic (exact) mass is 412 g/mol. The Morgan fingerprint density at radius 1 is 1.03 bits per heavy atom. The second kappa shape index (κ2) is 8.14. The molecular formula is C26H28N4O. The van der Waals surface area contributed by atoms with Gasteiger partial charge in [-0.25, -0.2) is 9.97 Å². The first kappa shape index (κ1) is 19.7. The number of hydrogen-bond acceptors (Lipinski definition) is 4. The molecule has 5 rings (SSSR count). The Balaban J connectivity index is 1.50. The second-order valence-corrected chi connectivity index (χ2v) is 8.95. The van der Waals surface area contributed by atoms with Gasteiger partial charge in [0.1, 0.15) is 11.4 Å². The van der Waals surface area contributed by atoms with Crippen molar-refractivity contribution in [3.63, 3.8) is 0 Å². The SMILES string of the molecule is Cc1ccc(N(C)c2nc(-c3ccccc3)ncc2C(=O)NC2CC3CCC2C3)cc1. The summed E-state index contributed by atoms with van der Waals surface area (Å²) in [6.07, 6.45) is 6.58. The average Bonchev–Trinajstić information content (AvgIpc) is 3.43. The van der Waals surface area contributed by atoms with Crippen LogP contribution in [0, 0.1) is 18.8 Å². The van der Waals surface area contributed by atoms with Crippen molar-refractivity contribution in [1.82, 2.24) is 15.3 Å².